The number of rotatable bonds is 6. The van der Waals surface area contributed by atoms with E-state index in [0.717, 1.165) is 25.1 Å². The van der Waals surface area contributed by atoms with Crippen LogP contribution in [0.25, 0.3) is 0 Å². The van der Waals surface area contributed by atoms with Crippen molar-refractivity contribution in [2.24, 2.45) is 5.92 Å². The number of carbonyl (C=O) groups is 1. The molecule has 0 aliphatic carbocycles. The van der Waals surface area contributed by atoms with Crippen LogP contribution in [0, 0.1) is 17.6 Å². The summed E-state index contributed by atoms with van der Waals surface area (Å²) in [6, 6.07) is 6.28. The van der Waals surface area contributed by atoms with E-state index in [2.05, 4.69) is 34.7 Å². The van der Waals surface area contributed by atoms with Crippen molar-refractivity contribution in [2.75, 3.05) is 17.2 Å². The van der Waals surface area contributed by atoms with Gasteiger partial charge in [0.1, 0.15) is 5.82 Å². The minimum absolute atomic E-state index is 0.0872. The zero-order chi connectivity index (χ0) is 16.8. The topological polar surface area (TPSA) is 66.9 Å². The van der Waals surface area contributed by atoms with E-state index in [-0.39, 0.29) is 11.4 Å². The summed E-state index contributed by atoms with van der Waals surface area (Å²) in [5.41, 5.74) is 0.235. The SMILES string of the molecule is CC(C)CCNc1ccc(C(=O)Nc2ccc(F)c(F)c2)nn1. The Morgan fingerprint density at radius 2 is 1.91 bits per heavy atom. The Morgan fingerprint density at radius 1 is 1.13 bits per heavy atom. The lowest BCUT2D eigenvalue weighted by atomic mass is 10.1. The number of benzene rings is 1. The van der Waals surface area contributed by atoms with Crippen LogP contribution in [0.1, 0.15) is 30.8 Å². The molecule has 0 unspecified atom stereocenters. The third kappa shape index (κ3) is 4.98. The molecule has 0 fully saturated rings. The predicted molar refractivity (Wildman–Crippen MR) is 84.3 cm³/mol. The van der Waals surface area contributed by atoms with Crippen LogP contribution in [-0.4, -0.2) is 22.6 Å². The highest BCUT2D eigenvalue weighted by molar-refractivity contribution is 6.02. The summed E-state index contributed by atoms with van der Waals surface area (Å²) >= 11 is 0. The molecule has 2 rings (SSSR count). The van der Waals surface area contributed by atoms with Crippen LogP contribution in [0.3, 0.4) is 0 Å². The molecule has 1 aromatic carbocycles. The second kappa shape index (κ2) is 7.62. The second-order valence-electron chi connectivity index (χ2n) is 5.50. The maximum Gasteiger partial charge on any atom is 0.276 e. The van der Waals surface area contributed by atoms with Gasteiger partial charge in [0.25, 0.3) is 5.91 Å². The Kier molecular flexibility index (Phi) is 5.56. The lowest BCUT2D eigenvalue weighted by Gasteiger charge is -2.08. The molecule has 23 heavy (non-hydrogen) atoms. The molecule has 2 N–H and O–H groups in total. The van der Waals surface area contributed by atoms with Gasteiger partial charge in [0.05, 0.1) is 0 Å². The standard InChI is InChI=1S/C16H18F2N4O/c1-10(2)7-8-19-15-6-5-14(21-22-15)16(23)20-11-3-4-12(17)13(18)9-11/h3-6,9-10H,7-8H2,1-2H3,(H,19,22)(H,20,23). The molecule has 0 bridgehead atoms. The molecule has 0 radical (unpaired) electrons. The first-order chi connectivity index (χ1) is 11.0. The summed E-state index contributed by atoms with van der Waals surface area (Å²) in [5.74, 6) is -1.39. The van der Waals surface area contributed by atoms with Gasteiger partial charge in [-0.25, -0.2) is 8.78 Å². The predicted octanol–water partition coefficient (Wildman–Crippen LogP) is 3.47. The van der Waals surface area contributed by atoms with Crippen molar-refractivity contribution in [3.63, 3.8) is 0 Å². The largest absolute Gasteiger partial charge is 0.369 e. The van der Waals surface area contributed by atoms with Gasteiger partial charge in [0.2, 0.25) is 0 Å². The van der Waals surface area contributed by atoms with Crippen molar-refractivity contribution in [3.8, 4) is 0 Å². The molecule has 0 aliphatic heterocycles. The van der Waals surface area contributed by atoms with Crippen LogP contribution < -0.4 is 10.6 Å². The zero-order valence-corrected chi connectivity index (χ0v) is 12.9. The van der Waals surface area contributed by atoms with E-state index in [1.807, 2.05) is 0 Å². The molecule has 0 saturated carbocycles. The number of anilines is 2. The number of amides is 1. The summed E-state index contributed by atoms with van der Waals surface area (Å²) in [5, 5.41) is 13.3. The summed E-state index contributed by atoms with van der Waals surface area (Å²) in [7, 11) is 0. The third-order valence-corrected chi connectivity index (χ3v) is 3.10. The number of halogens is 2. The maximum atomic E-state index is 13.1. The molecule has 1 heterocycles. The van der Waals surface area contributed by atoms with Crippen molar-refractivity contribution in [2.45, 2.75) is 20.3 Å². The Bertz CT molecular complexity index is 674. The summed E-state index contributed by atoms with van der Waals surface area (Å²) < 4.78 is 25.9. The van der Waals surface area contributed by atoms with E-state index in [1.165, 1.54) is 12.1 Å². The minimum Gasteiger partial charge on any atom is -0.369 e. The Hall–Kier alpha value is -2.57. The quantitative estimate of drug-likeness (QED) is 0.855. The van der Waals surface area contributed by atoms with Gasteiger partial charge >= 0.3 is 0 Å². The molecule has 0 saturated heterocycles. The van der Waals surface area contributed by atoms with E-state index >= 15 is 0 Å². The first kappa shape index (κ1) is 16.8. The number of nitrogens with one attached hydrogen (secondary N) is 2. The van der Waals surface area contributed by atoms with Crippen molar-refractivity contribution in [3.05, 3.63) is 47.7 Å². The van der Waals surface area contributed by atoms with Crippen LogP contribution in [0.15, 0.2) is 30.3 Å². The van der Waals surface area contributed by atoms with Crippen LogP contribution in [-0.2, 0) is 0 Å². The van der Waals surface area contributed by atoms with Gasteiger partial charge < -0.3 is 10.6 Å². The van der Waals surface area contributed by atoms with Gasteiger partial charge in [0.15, 0.2) is 17.3 Å². The highest BCUT2D eigenvalue weighted by Gasteiger charge is 2.10. The molecular formula is C16H18F2N4O. The monoisotopic (exact) mass is 320 g/mol. The Morgan fingerprint density at radius 3 is 2.52 bits per heavy atom. The van der Waals surface area contributed by atoms with Crippen LogP contribution >= 0.6 is 0 Å². The number of nitrogens with zero attached hydrogens (tertiary/aromatic N) is 2. The summed E-state index contributed by atoms with van der Waals surface area (Å²) in [6.07, 6.45) is 1.00. The molecule has 5 nitrogen and oxygen atoms in total. The van der Waals surface area contributed by atoms with Gasteiger partial charge in [-0.05, 0) is 36.6 Å². The fourth-order valence-corrected chi connectivity index (χ4v) is 1.81. The molecule has 0 atom stereocenters. The molecule has 1 aromatic heterocycles. The lowest BCUT2D eigenvalue weighted by Crippen LogP contribution is -2.15. The van der Waals surface area contributed by atoms with Crippen molar-refractivity contribution < 1.29 is 13.6 Å². The highest BCUT2D eigenvalue weighted by Crippen LogP contribution is 2.14. The first-order valence-electron chi connectivity index (χ1n) is 7.29. The van der Waals surface area contributed by atoms with Crippen molar-refractivity contribution in [1.29, 1.82) is 0 Å². The number of hydrogen-bond acceptors (Lipinski definition) is 4. The summed E-state index contributed by atoms with van der Waals surface area (Å²) in [4.78, 5) is 12.0. The Labute approximate surface area is 133 Å². The minimum atomic E-state index is -1.03. The molecule has 2 aromatic rings. The fourth-order valence-electron chi connectivity index (χ4n) is 1.81. The molecule has 0 aliphatic rings. The van der Waals surface area contributed by atoms with Crippen LogP contribution in [0.5, 0.6) is 0 Å². The van der Waals surface area contributed by atoms with E-state index in [1.54, 1.807) is 6.07 Å². The maximum absolute atomic E-state index is 13.1. The molecule has 122 valence electrons. The van der Waals surface area contributed by atoms with Crippen LogP contribution in [0.2, 0.25) is 0 Å². The smallest absolute Gasteiger partial charge is 0.276 e. The van der Waals surface area contributed by atoms with E-state index in [0.29, 0.717) is 11.7 Å². The van der Waals surface area contributed by atoms with Gasteiger partial charge in [0, 0.05) is 18.3 Å². The first-order valence-corrected chi connectivity index (χ1v) is 7.29. The van der Waals surface area contributed by atoms with E-state index < -0.39 is 17.5 Å². The molecular weight excluding hydrogens is 302 g/mol. The van der Waals surface area contributed by atoms with Crippen molar-refractivity contribution in [1.82, 2.24) is 10.2 Å². The second-order valence-corrected chi connectivity index (χ2v) is 5.50. The fraction of sp³-hybridized carbons (Fsp3) is 0.312. The van der Waals surface area contributed by atoms with E-state index in [9.17, 15) is 13.6 Å². The third-order valence-electron chi connectivity index (χ3n) is 3.10. The molecule has 0 spiro atoms. The average molecular weight is 320 g/mol. The summed E-state index contributed by atoms with van der Waals surface area (Å²) in [6.45, 7) is 5.02. The zero-order valence-electron chi connectivity index (χ0n) is 12.9. The van der Waals surface area contributed by atoms with E-state index in [4.69, 9.17) is 0 Å². The molecule has 1 amide bonds. The lowest BCUT2D eigenvalue weighted by molar-refractivity contribution is 0.102. The van der Waals surface area contributed by atoms with Gasteiger partial charge in [-0.2, -0.15) is 0 Å². The number of hydrogen-bond donors (Lipinski definition) is 2. The van der Waals surface area contributed by atoms with Gasteiger partial charge in [-0.1, -0.05) is 13.8 Å². The Balaban J connectivity index is 1.95. The highest BCUT2D eigenvalue weighted by atomic mass is 19.2. The normalized spacial score (nSPS) is 10.7. The molecule has 7 heteroatoms. The number of aromatic nitrogens is 2. The van der Waals surface area contributed by atoms with Crippen molar-refractivity contribution >= 4 is 17.4 Å². The van der Waals surface area contributed by atoms with Gasteiger partial charge in [-0.15, -0.1) is 10.2 Å². The van der Waals surface area contributed by atoms with Gasteiger partial charge in [-0.3, -0.25) is 4.79 Å². The average Bonchev–Trinajstić information content (AvgIpc) is 2.51. The number of carbonyl (C=O) groups excluding carboxylic acids is 1. The van der Waals surface area contributed by atoms with Crippen LogP contribution in [0.4, 0.5) is 20.3 Å².